The molecule has 0 radical (unpaired) electrons. The largest absolute Gasteiger partial charge is 0.317 e. The Morgan fingerprint density at radius 2 is 2.10 bits per heavy atom. The maximum atomic E-state index is 6.12. The number of piperidine rings is 1. The molecule has 0 aliphatic carbocycles. The van der Waals surface area contributed by atoms with E-state index in [4.69, 9.17) is 16.6 Å². The van der Waals surface area contributed by atoms with Gasteiger partial charge in [-0.15, -0.1) is 11.3 Å². The van der Waals surface area contributed by atoms with E-state index < -0.39 is 0 Å². The van der Waals surface area contributed by atoms with Gasteiger partial charge in [-0.1, -0.05) is 11.6 Å². The first kappa shape index (κ1) is 13.2. The van der Waals surface area contributed by atoms with Crippen molar-refractivity contribution in [2.45, 2.75) is 18.8 Å². The molecule has 1 fully saturated rings. The fraction of sp³-hybridized carbons (Fsp3) is 0.333. The monoisotopic (exact) mass is 318 g/mol. The SMILES string of the molecule is Clc1ccc(-n2c(C3CCNCC3)nc3cccnc32)s1. The van der Waals surface area contributed by atoms with Gasteiger partial charge in [-0.05, 0) is 50.2 Å². The number of pyridine rings is 1. The summed E-state index contributed by atoms with van der Waals surface area (Å²) in [5, 5.41) is 4.50. The minimum Gasteiger partial charge on any atom is -0.317 e. The van der Waals surface area contributed by atoms with Crippen molar-refractivity contribution in [3.05, 3.63) is 40.6 Å². The highest BCUT2D eigenvalue weighted by Gasteiger charge is 2.24. The van der Waals surface area contributed by atoms with Crippen molar-refractivity contribution >= 4 is 34.1 Å². The lowest BCUT2D eigenvalue weighted by Crippen LogP contribution is -2.27. The minimum absolute atomic E-state index is 0.473. The van der Waals surface area contributed by atoms with E-state index in [0.29, 0.717) is 5.92 Å². The Balaban J connectivity index is 1.92. The number of nitrogens with one attached hydrogen (secondary N) is 1. The summed E-state index contributed by atoms with van der Waals surface area (Å²) in [7, 11) is 0. The Kier molecular flexibility index (Phi) is 3.41. The van der Waals surface area contributed by atoms with Gasteiger partial charge in [0.1, 0.15) is 16.3 Å². The molecule has 0 unspecified atom stereocenters. The Hall–Kier alpha value is -1.43. The number of nitrogens with zero attached hydrogens (tertiary/aromatic N) is 3. The lowest BCUT2D eigenvalue weighted by molar-refractivity contribution is 0.443. The van der Waals surface area contributed by atoms with E-state index in [0.717, 1.165) is 52.3 Å². The summed E-state index contributed by atoms with van der Waals surface area (Å²) in [6.45, 7) is 2.10. The number of hydrogen-bond donors (Lipinski definition) is 1. The van der Waals surface area contributed by atoms with Crippen LogP contribution in [0.1, 0.15) is 24.6 Å². The van der Waals surface area contributed by atoms with Gasteiger partial charge in [-0.3, -0.25) is 4.57 Å². The molecule has 0 saturated carbocycles. The molecule has 1 N–H and O–H groups in total. The Morgan fingerprint density at radius 3 is 2.86 bits per heavy atom. The molecule has 1 saturated heterocycles. The summed E-state index contributed by atoms with van der Waals surface area (Å²) in [5.74, 6) is 1.59. The highest BCUT2D eigenvalue weighted by molar-refractivity contribution is 7.18. The van der Waals surface area contributed by atoms with E-state index in [1.807, 2.05) is 30.5 Å². The van der Waals surface area contributed by atoms with Crippen molar-refractivity contribution < 1.29 is 0 Å². The quantitative estimate of drug-likeness (QED) is 0.785. The summed E-state index contributed by atoms with van der Waals surface area (Å²) < 4.78 is 2.97. The van der Waals surface area contributed by atoms with Gasteiger partial charge in [-0.2, -0.15) is 0 Å². The molecule has 0 bridgehead atoms. The van der Waals surface area contributed by atoms with Crippen molar-refractivity contribution in [1.82, 2.24) is 19.9 Å². The minimum atomic E-state index is 0.473. The van der Waals surface area contributed by atoms with Gasteiger partial charge in [-0.25, -0.2) is 9.97 Å². The Labute approximate surface area is 131 Å². The molecule has 0 spiro atoms. The standard InChI is InChI=1S/C15H15ClN4S/c16-12-3-4-13(21-12)20-14(10-5-8-17-9-6-10)19-11-2-1-7-18-15(11)20/h1-4,7,10,17H,5-6,8-9H2. The second-order valence-corrected chi connectivity index (χ2v) is 6.95. The molecule has 21 heavy (non-hydrogen) atoms. The molecule has 4 rings (SSSR count). The number of halogens is 1. The summed E-state index contributed by atoms with van der Waals surface area (Å²) in [4.78, 5) is 9.39. The van der Waals surface area contributed by atoms with Crippen LogP contribution < -0.4 is 5.32 Å². The number of imidazole rings is 1. The predicted octanol–water partition coefficient (Wildman–Crippen LogP) is 3.60. The molecule has 108 valence electrons. The number of hydrogen-bond acceptors (Lipinski definition) is 4. The van der Waals surface area contributed by atoms with Gasteiger partial charge >= 0.3 is 0 Å². The molecular formula is C15H15ClN4S. The highest BCUT2D eigenvalue weighted by atomic mass is 35.5. The van der Waals surface area contributed by atoms with E-state index in [1.54, 1.807) is 11.3 Å². The van der Waals surface area contributed by atoms with Crippen LogP contribution in [-0.2, 0) is 0 Å². The van der Waals surface area contributed by atoms with Crippen LogP contribution in [0.5, 0.6) is 0 Å². The van der Waals surface area contributed by atoms with Crippen LogP contribution in [0, 0.1) is 0 Å². The maximum absolute atomic E-state index is 6.12. The fourth-order valence-electron chi connectivity index (χ4n) is 2.93. The summed E-state index contributed by atoms with van der Waals surface area (Å²) in [5.41, 5.74) is 1.88. The van der Waals surface area contributed by atoms with E-state index in [1.165, 1.54) is 0 Å². The van der Waals surface area contributed by atoms with Gasteiger partial charge in [0.05, 0.1) is 4.34 Å². The number of rotatable bonds is 2. The van der Waals surface area contributed by atoms with Crippen LogP contribution >= 0.6 is 22.9 Å². The highest BCUT2D eigenvalue weighted by Crippen LogP contribution is 2.33. The Bertz CT molecular complexity index is 773. The molecular weight excluding hydrogens is 304 g/mol. The fourth-order valence-corrected chi connectivity index (χ4v) is 3.97. The second-order valence-electron chi connectivity index (χ2n) is 5.25. The first-order valence-corrected chi connectivity index (χ1v) is 8.32. The first-order valence-electron chi connectivity index (χ1n) is 7.13. The van der Waals surface area contributed by atoms with Gasteiger partial charge in [0, 0.05) is 12.1 Å². The predicted molar refractivity (Wildman–Crippen MR) is 86.6 cm³/mol. The van der Waals surface area contributed by atoms with Crippen LogP contribution in [-0.4, -0.2) is 27.6 Å². The molecule has 3 aromatic heterocycles. The molecule has 1 aliphatic rings. The third kappa shape index (κ3) is 2.35. The van der Waals surface area contributed by atoms with Gasteiger partial charge in [0.15, 0.2) is 5.65 Å². The summed E-state index contributed by atoms with van der Waals surface area (Å²) >= 11 is 7.69. The lowest BCUT2D eigenvalue weighted by atomic mass is 9.97. The van der Waals surface area contributed by atoms with E-state index in [-0.39, 0.29) is 0 Å². The van der Waals surface area contributed by atoms with Crippen LogP contribution in [0.2, 0.25) is 4.34 Å². The maximum Gasteiger partial charge on any atom is 0.165 e. The first-order chi connectivity index (χ1) is 10.3. The van der Waals surface area contributed by atoms with E-state index >= 15 is 0 Å². The molecule has 3 aromatic rings. The average molecular weight is 319 g/mol. The van der Waals surface area contributed by atoms with E-state index in [2.05, 4.69) is 14.9 Å². The van der Waals surface area contributed by atoms with Crippen molar-refractivity contribution in [3.8, 4) is 5.00 Å². The van der Waals surface area contributed by atoms with Crippen LogP contribution in [0.4, 0.5) is 0 Å². The second kappa shape index (κ2) is 5.40. The normalized spacial score (nSPS) is 16.6. The molecule has 0 aromatic carbocycles. The van der Waals surface area contributed by atoms with Crippen molar-refractivity contribution in [2.24, 2.45) is 0 Å². The zero-order chi connectivity index (χ0) is 14.2. The van der Waals surface area contributed by atoms with Gasteiger partial charge in [0.25, 0.3) is 0 Å². The average Bonchev–Trinajstić information content (AvgIpc) is 3.11. The summed E-state index contributed by atoms with van der Waals surface area (Å²) in [6, 6.07) is 7.95. The van der Waals surface area contributed by atoms with Crippen LogP contribution in [0.25, 0.3) is 16.2 Å². The number of fused-ring (bicyclic) bond motifs is 1. The molecule has 6 heteroatoms. The van der Waals surface area contributed by atoms with Crippen molar-refractivity contribution in [2.75, 3.05) is 13.1 Å². The van der Waals surface area contributed by atoms with Crippen LogP contribution in [0.15, 0.2) is 30.5 Å². The van der Waals surface area contributed by atoms with Crippen LogP contribution in [0.3, 0.4) is 0 Å². The van der Waals surface area contributed by atoms with E-state index in [9.17, 15) is 0 Å². The molecule has 1 aliphatic heterocycles. The van der Waals surface area contributed by atoms with Gasteiger partial charge < -0.3 is 5.32 Å². The lowest BCUT2D eigenvalue weighted by Gasteiger charge is -2.22. The zero-order valence-corrected chi connectivity index (χ0v) is 13.0. The molecule has 0 atom stereocenters. The Morgan fingerprint density at radius 1 is 1.24 bits per heavy atom. The zero-order valence-electron chi connectivity index (χ0n) is 11.4. The third-order valence-electron chi connectivity index (χ3n) is 3.93. The smallest absolute Gasteiger partial charge is 0.165 e. The third-order valence-corrected chi connectivity index (χ3v) is 5.14. The van der Waals surface area contributed by atoms with Crippen molar-refractivity contribution in [3.63, 3.8) is 0 Å². The van der Waals surface area contributed by atoms with Crippen molar-refractivity contribution in [1.29, 1.82) is 0 Å². The molecule has 4 nitrogen and oxygen atoms in total. The van der Waals surface area contributed by atoms with Gasteiger partial charge in [0.2, 0.25) is 0 Å². The summed E-state index contributed by atoms with van der Waals surface area (Å²) in [6.07, 6.45) is 4.05. The number of aromatic nitrogens is 3. The number of thiophene rings is 1. The molecule has 4 heterocycles. The topological polar surface area (TPSA) is 42.7 Å². The molecule has 0 amide bonds.